The third-order valence-electron chi connectivity index (χ3n) is 4.93. The Labute approximate surface area is 150 Å². The van der Waals surface area contributed by atoms with Gasteiger partial charge < -0.3 is 9.80 Å². The summed E-state index contributed by atoms with van der Waals surface area (Å²) in [5.41, 5.74) is 2.84. The summed E-state index contributed by atoms with van der Waals surface area (Å²) in [6, 6.07) is 6.20. The van der Waals surface area contributed by atoms with E-state index in [2.05, 4.69) is 32.5 Å². The van der Waals surface area contributed by atoms with Gasteiger partial charge in [-0.3, -0.25) is 14.5 Å². The maximum absolute atomic E-state index is 12.6. The number of nitrogens with zero attached hydrogens (tertiary/aromatic N) is 5. The zero-order valence-corrected chi connectivity index (χ0v) is 15.2. The number of anilines is 1. The van der Waals surface area contributed by atoms with Crippen molar-refractivity contribution in [2.24, 2.45) is 7.05 Å². The van der Waals surface area contributed by atoms with Crippen LogP contribution < -0.4 is 4.90 Å². The van der Waals surface area contributed by atoms with Crippen molar-refractivity contribution < 1.29 is 4.79 Å². The fraction of sp³-hybridized carbons (Fsp3) is 0.389. The van der Waals surface area contributed by atoms with Crippen molar-refractivity contribution in [2.75, 3.05) is 25.0 Å². The fourth-order valence-corrected chi connectivity index (χ4v) is 4.37. The Morgan fingerprint density at radius 1 is 1.28 bits per heavy atom. The van der Waals surface area contributed by atoms with E-state index >= 15 is 0 Å². The molecule has 0 saturated carbocycles. The number of fused-ring (bicyclic) bond motifs is 1. The number of aromatic nitrogens is 3. The number of amides is 1. The minimum absolute atomic E-state index is 0.00334. The SMILES string of the molecule is CN(C(=O)c1ccn(C)n1)C1CCN(c2ccnc3ccsc23)CC1. The number of hydrogen-bond donors (Lipinski definition) is 0. The molecule has 0 atom stereocenters. The number of thiophene rings is 1. The van der Waals surface area contributed by atoms with Crippen molar-refractivity contribution in [1.82, 2.24) is 19.7 Å². The molecule has 0 radical (unpaired) electrons. The molecule has 1 aliphatic rings. The minimum Gasteiger partial charge on any atom is -0.370 e. The predicted molar refractivity (Wildman–Crippen MR) is 100 cm³/mol. The molecule has 0 unspecified atom stereocenters. The second-order valence-electron chi connectivity index (χ2n) is 6.47. The van der Waals surface area contributed by atoms with Crippen molar-refractivity contribution in [3.8, 4) is 0 Å². The molecule has 0 aromatic carbocycles. The Morgan fingerprint density at radius 3 is 2.80 bits per heavy atom. The summed E-state index contributed by atoms with van der Waals surface area (Å²) in [4.78, 5) is 21.3. The summed E-state index contributed by atoms with van der Waals surface area (Å²) >= 11 is 1.74. The molecular weight excluding hydrogens is 334 g/mol. The van der Waals surface area contributed by atoms with Crippen molar-refractivity contribution in [3.63, 3.8) is 0 Å². The zero-order valence-electron chi connectivity index (χ0n) is 14.4. The molecule has 130 valence electrons. The van der Waals surface area contributed by atoms with Gasteiger partial charge in [0.15, 0.2) is 0 Å². The summed E-state index contributed by atoms with van der Waals surface area (Å²) in [6.45, 7) is 1.89. The van der Waals surface area contributed by atoms with E-state index in [1.165, 1.54) is 10.4 Å². The van der Waals surface area contributed by atoms with Gasteiger partial charge in [0.05, 0.1) is 15.9 Å². The summed E-state index contributed by atoms with van der Waals surface area (Å²) in [5, 5.41) is 6.32. The van der Waals surface area contributed by atoms with Crippen LogP contribution in [-0.4, -0.2) is 51.8 Å². The predicted octanol–water partition coefficient (Wildman–Crippen LogP) is 2.77. The van der Waals surface area contributed by atoms with E-state index < -0.39 is 0 Å². The van der Waals surface area contributed by atoms with Gasteiger partial charge in [-0.15, -0.1) is 11.3 Å². The smallest absolute Gasteiger partial charge is 0.274 e. The average Bonchev–Trinajstić information content (AvgIpc) is 3.29. The van der Waals surface area contributed by atoms with Crippen LogP contribution in [0.4, 0.5) is 5.69 Å². The first-order chi connectivity index (χ1) is 12.1. The van der Waals surface area contributed by atoms with Gasteiger partial charge in [0, 0.05) is 45.6 Å². The highest BCUT2D eigenvalue weighted by Gasteiger charge is 2.27. The van der Waals surface area contributed by atoms with Crippen molar-refractivity contribution >= 4 is 33.1 Å². The highest BCUT2D eigenvalue weighted by atomic mass is 32.1. The standard InChI is InChI=1S/C18H21N5OS/c1-21-9-6-15(20-21)18(24)22(2)13-4-10-23(11-5-13)16-3-8-19-14-7-12-25-17(14)16/h3,6-9,12-13H,4-5,10-11H2,1-2H3. The Hall–Kier alpha value is -2.41. The lowest BCUT2D eigenvalue weighted by molar-refractivity contribution is 0.0702. The topological polar surface area (TPSA) is 54.3 Å². The van der Waals surface area contributed by atoms with Gasteiger partial charge in [-0.05, 0) is 36.4 Å². The maximum Gasteiger partial charge on any atom is 0.274 e. The monoisotopic (exact) mass is 355 g/mol. The van der Waals surface area contributed by atoms with Gasteiger partial charge in [-0.25, -0.2) is 0 Å². The second kappa shape index (κ2) is 6.48. The molecule has 3 aromatic rings. The van der Waals surface area contributed by atoms with E-state index in [-0.39, 0.29) is 11.9 Å². The molecule has 4 heterocycles. The molecule has 0 aliphatic carbocycles. The van der Waals surface area contributed by atoms with Crippen molar-refractivity contribution in [1.29, 1.82) is 0 Å². The minimum atomic E-state index is 0.00334. The Kier molecular flexibility index (Phi) is 4.17. The first-order valence-electron chi connectivity index (χ1n) is 8.47. The molecule has 25 heavy (non-hydrogen) atoms. The molecule has 3 aromatic heterocycles. The highest BCUT2D eigenvalue weighted by Crippen LogP contribution is 2.32. The third-order valence-corrected chi connectivity index (χ3v) is 5.86. The van der Waals surface area contributed by atoms with Gasteiger partial charge in [-0.2, -0.15) is 5.10 Å². The lowest BCUT2D eigenvalue weighted by Gasteiger charge is -2.37. The molecule has 6 nitrogen and oxygen atoms in total. The first-order valence-corrected chi connectivity index (χ1v) is 9.35. The van der Waals surface area contributed by atoms with Crippen LogP contribution in [0.3, 0.4) is 0 Å². The number of piperidine rings is 1. The molecule has 0 N–H and O–H groups in total. The Morgan fingerprint density at radius 2 is 2.08 bits per heavy atom. The Bertz CT molecular complexity index is 894. The van der Waals surface area contributed by atoms with Crippen LogP contribution in [0.5, 0.6) is 0 Å². The van der Waals surface area contributed by atoms with E-state index in [1.807, 2.05) is 25.2 Å². The first kappa shape index (κ1) is 16.1. The van der Waals surface area contributed by atoms with Gasteiger partial charge in [0.2, 0.25) is 0 Å². The molecule has 0 spiro atoms. The second-order valence-corrected chi connectivity index (χ2v) is 7.39. The largest absolute Gasteiger partial charge is 0.370 e. The van der Waals surface area contributed by atoms with Crippen LogP contribution in [0, 0.1) is 0 Å². The van der Waals surface area contributed by atoms with Crippen LogP contribution in [0.25, 0.3) is 10.2 Å². The normalized spacial score (nSPS) is 15.7. The number of carbonyl (C=O) groups excluding carboxylic acids is 1. The van der Waals surface area contributed by atoms with Crippen LogP contribution in [0.15, 0.2) is 36.0 Å². The van der Waals surface area contributed by atoms with E-state index in [0.29, 0.717) is 5.69 Å². The van der Waals surface area contributed by atoms with Gasteiger partial charge in [0.25, 0.3) is 5.91 Å². The maximum atomic E-state index is 12.6. The fourth-order valence-electron chi connectivity index (χ4n) is 3.48. The number of rotatable bonds is 3. The number of hydrogen-bond acceptors (Lipinski definition) is 5. The zero-order chi connectivity index (χ0) is 17.4. The van der Waals surface area contributed by atoms with Crippen LogP contribution in [0.1, 0.15) is 23.3 Å². The van der Waals surface area contributed by atoms with Gasteiger partial charge >= 0.3 is 0 Å². The summed E-state index contributed by atoms with van der Waals surface area (Å²) in [5.74, 6) is 0.00334. The van der Waals surface area contributed by atoms with E-state index in [1.54, 1.807) is 28.3 Å². The quantitative estimate of drug-likeness (QED) is 0.725. The molecule has 1 amide bonds. The molecule has 4 rings (SSSR count). The summed E-state index contributed by atoms with van der Waals surface area (Å²) < 4.78 is 2.92. The number of carbonyl (C=O) groups is 1. The summed E-state index contributed by atoms with van der Waals surface area (Å²) in [7, 11) is 3.72. The van der Waals surface area contributed by atoms with Crippen LogP contribution in [-0.2, 0) is 7.05 Å². The van der Waals surface area contributed by atoms with E-state index in [9.17, 15) is 4.79 Å². The van der Waals surface area contributed by atoms with E-state index in [4.69, 9.17) is 0 Å². The third kappa shape index (κ3) is 3.00. The molecule has 1 fully saturated rings. The van der Waals surface area contributed by atoms with E-state index in [0.717, 1.165) is 31.4 Å². The lowest BCUT2D eigenvalue weighted by atomic mass is 10.0. The van der Waals surface area contributed by atoms with Gasteiger partial charge in [0.1, 0.15) is 5.69 Å². The van der Waals surface area contributed by atoms with Crippen LogP contribution >= 0.6 is 11.3 Å². The highest BCUT2D eigenvalue weighted by molar-refractivity contribution is 7.17. The Balaban J connectivity index is 1.44. The molecule has 1 aliphatic heterocycles. The molecular formula is C18H21N5OS. The van der Waals surface area contributed by atoms with Crippen molar-refractivity contribution in [2.45, 2.75) is 18.9 Å². The van der Waals surface area contributed by atoms with Crippen molar-refractivity contribution in [3.05, 3.63) is 41.7 Å². The van der Waals surface area contributed by atoms with Gasteiger partial charge in [-0.1, -0.05) is 0 Å². The lowest BCUT2D eigenvalue weighted by Crippen LogP contribution is -2.45. The van der Waals surface area contributed by atoms with Crippen LogP contribution in [0.2, 0.25) is 0 Å². The number of aryl methyl sites for hydroxylation is 1. The molecule has 0 bridgehead atoms. The molecule has 1 saturated heterocycles. The number of pyridine rings is 1. The molecule has 7 heteroatoms. The summed E-state index contributed by atoms with van der Waals surface area (Å²) in [6.07, 6.45) is 5.61. The average molecular weight is 355 g/mol.